The topological polar surface area (TPSA) is 68.4 Å². The van der Waals surface area contributed by atoms with E-state index < -0.39 is 0 Å². The second-order valence-electron chi connectivity index (χ2n) is 7.63. The van der Waals surface area contributed by atoms with Crippen molar-refractivity contribution < 1.29 is 4.79 Å². The van der Waals surface area contributed by atoms with Crippen LogP contribution in [0.15, 0.2) is 35.3 Å². The van der Waals surface area contributed by atoms with Gasteiger partial charge in [0.05, 0.1) is 0 Å². The van der Waals surface area contributed by atoms with Crippen molar-refractivity contribution in [3.63, 3.8) is 0 Å². The van der Waals surface area contributed by atoms with E-state index in [0.717, 1.165) is 69.5 Å². The van der Waals surface area contributed by atoms with Crippen molar-refractivity contribution in [2.75, 3.05) is 42.9 Å². The average Bonchev–Trinajstić information content (AvgIpc) is 2.74. The number of amides is 1. The molecule has 28 heavy (non-hydrogen) atoms. The van der Waals surface area contributed by atoms with Crippen molar-refractivity contribution in [2.24, 2.45) is 0 Å². The molecule has 1 saturated heterocycles. The maximum absolute atomic E-state index is 12.8. The SMILES string of the molecule is CCN1CCN(c2ccc(NC(=O)c3c4c(c[nH]c3=O)CCCC4)cc2)CC1. The van der Waals surface area contributed by atoms with Gasteiger partial charge in [-0.05, 0) is 67.6 Å². The van der Waals surface area contributed by atoms with Gasteiger partial charge in [-0.3, -0.25) is 9.59 Å². The number of benzene rings is 1. The first-order valence-electron chi connectivity index (χ1n) is 10.3. The van der Waals surface area contributed by atoms with E-state index >= 15 is 0 Å². The summed E-state index contributed by atoms with van der Waals surface area (Å²) in [5.41, 5.74) is 3.87. The van der Waals surface area contributed by atoms with Crippen LogP contribution in [0.3, 0.4) is 0 Å². The first-order valence-corrected chi connectivity index (χ1v) is 10.3. The predicted molar refractivity (Wildman–Crippen MR) is 112 cm³/mol. The lowest BCUT2D eigenvalue weighted by Crippen LogP contribution is -2.46. The number of piperazine rings is 1. The molecule has 1 aliphatic carbocycles. The minimum atomic E-state index is -0.315. The smallest absolute Gasteiger partial charge is 0.261 e. The van der Waals surface area contributed by atoms with Gasteiger partial charge in [-0.25, -0.2) is 0 Å². The number of carbonyl (C=O) groups is 1. The van der Waals surface area contributed by atoms with Gasteiger partial charge in [0.1, 0.15) is 5.56 Å². The fraction of sp³-hybridized carbons (Fsp3) is 0.455. The maximum Gasteiger partial charge on any atom is 0.261 e. The van der Waals surface area contributed by atoms with E-state index in [1.807, 2.05) is 24.3 Å². The van der Waals surface area contributed by atoms with Crippen molar-refractivity contribution in [3.05, 3.63) is 57.5 Å². The Morgan fingerprint density at radius 1 is 1.07 bits per heavy atom. The third kappa shape index (κ3) is 3.83. The molecular formula is C22H28N4O2. The molecule has 0 saturated carbocycles. The number of nitrogens with one attached hydrogen (secondary N) is 2. The number of likely N-dealkylation sites (N-methyl/N-ethyl adjacent to an activating group) is 1. The third-order valence-electron chi connectivity index (χ3n) is 5.95. The quantitative estimate of drug-likeness (QED) is 0.856. The highest BCUT2D eigenvalue weighted by atomic mass is 16.2. The van der Waals surface area contributed by atoms with Gasteiger partial charge in [-0.1, -0.05) is 6.92 Å². The fourth-order valence-corrected chi connectivity index (χ4v) is 4.25. The summed E-state index contributed by atoms with van der Waals surface area (Å²) < 4.78 is 0. The van der Waals surface area contributed by atoms with E-state index in [4.69, 9.17) is 0 Å². The van der Waals surface area contributed by atoms with Gasteiger partial charge in [-0.15, -0.1) is 0 Å². The Morgan fingerprint density at radius 2 is 1.79 bits per heavy atom. The number of carbonyl (C=O) groups excluding carboxylic acids is 1. The second-order valence-corrected chi connectivity index (χ2v) is 7.63. The molecule has 1 amide bonds. The second kappa shape index (κ2) is 8.19. The minimum Gasteiger partial charge on any atom is -0.369 e. The Balaban J connectivity index is 1.47. The van der Waals surface area contributed by atoms with Gasteiger partial charge in [0.15, 0.2) is 0 Å². The summed E-state index contributed by atoms with van der Waals surface area (Å²) in [5.74, 6) is -0.315. The number of aromatic nitrogens is 1. The molecule has 6 heteroatoms. The van der Waals surface area contributed by atoms with Gasteiger partial charge < -0.3 is 20.1 Å². The van der Waals surface area contributed by atoms with Crippen LogP contribution in [-0.4, -0.2) is 48.5 Å². The van der Waals surface area contributed by atoms with Crippen LogP contribution in [0.2, 0.25) is 0 Å². The number of hydrogen-bond donors (Lipinski definition) is 2. The molecule has 0 atom stereocenters. The molecule has 4 rings (SSSR count). The first kappa shape index (κ1) is 18.7. The number of anilines is 2. The molecule has 1 fully saturated rings. The third-order valence-corrected chi connectivity index (χ3v) is 5.95. The molecule has 2 aromatic rings. The lowest BCUT2D eigenvalue weighted by Gasteiger charge is -2.35. The molecule has 1 aromatic carbocycles. The Labute approximate surface area is 165 Å². The molecule has 1 aromatic heterocycles. The normalized spacial score (nSPS) is 17.2. The largest absolute Gasteiger partial charge is 0.369 e. The van der Waals surface area contributed by atoms with E-state index in [1.54, 1.807) is 6.20 Å². The number of hydrogen-bond acceptors (Lipinski definition) is 4. The zero-order chi connectivity index (χ0) is 19.5. The maximum atomic E-state index is 12.8. The number of fused-ring (bicyclic) bond motifs is 1. The van der Waals surface area contributed by atoms with Crippen molar-refractivity contribution in [1.29, 1.82) is 0 Å². The minimum absolute atomic E-state index is 0.275. The first-order chi connectivity index (χ1) is 13.7. The summed E-state index contributed by atoms with van der Waals surface area (Å²) >= 11 is 0. The lowest BCUT2D eigenvalue weighted by atomic mass is 9.90. The summed E-state index contributed by atoms with van der Waals surface area (Å²) in [6, 6.07) is 7.93. The van der Waals surface area contributed by atoms with Crippen LogP contribution in [0, 0.1) is 0 Å². The Bertz CT molecular complexity index is 896. The Hall–Kier alpha value is -2.60. The standard InChI is InChI=1S/C22H28N4O2/c1-2-25-11-13-26(14-12-25)18-9-7-17(8-10-18)24-22(28)20-19-6-4-3-5-16(19)15-23-21(20)27/h7-10,15H,2-6,11-14H2,1H3,(H,23,27)(H,24,28). The molecule has 2 aliphatic rings. The summed E-state index contributed by atoms with van der Waals surface area (Å²) in [6.07, 6.45) is 5.61. The van der Waals surface area contributed by atoms with Crippen LogP contribution >= 0.6 is 0 Å². The Kier molecular flexibility index (Phi) is 5.48. The highest BCUT2D eigenvalue weighted by Gasteiger charge is 2.22. The number of H-pyrrole nitrogens is 1. The predicted octanol–water partition coefficient (Wildman–Crippen LogP) is 2.65. The molecule has 2 heterocycles. The van der Waals surface area contributed by atoms with Crippen LogP contribution in [-0.2, 0) is 12.8 Å². The van der Waals surface area contributed by atoms with E-state index in [0.29, 0.717) is 5.69 Å². The van der Waals surface area contributed by atoms with Crippen LogP contribution in [0.4, 0.5) is 11.4 Å². The summed E-state index contributed by atoms with van der Waals surface area (Å²) in [4.78, 5) is 32.7. The molecular weight excluding hydrogens is 352 g/mol. The van der Waals surface area contributed by atoms with Crippen LogP contribution in [0.5, 0.6) is 0 Å². The van der Waals surface area contributed by atoms with Crippen molar-refractivity contribution in [1.82, 2.24) is 9.88 Å². The Morgan fingerprint density at radius 3 is 2.50 bits per heavy atom. The van der Waals surface area contributed by atoms with Crippen molar-refractivity contribution >= 4 is 17.3 Å². The monoisotopic (exact) mass is 380 g/mol. The fourth-order valence-electron chi connectivity index (χ4n) is 4.25. The van der Waals surface area contributed by atoms with Crippen molar-refractivity contribution in [3.8, 4) is 0 Å². The molecule has 0 radical (unpaired) electrons. The molecule has 0 spiro atoms. The van der Waals surface area contributed by atoms with E-state index in [-0.39, 0.29) is 17.0 Å². The van der Waals surface area contributed by atoms with Gasteiger partial charge >= 0.3 is 0 Å². The molecule has 0 unspecified atom stereocenters. The van der Waals surface area contributed by atoms with Crippen LogP contribution < -0.4 is 15.8 Å². The van der Waals surface area contributed by atoms with E-state index in [9.17, 15) is 9.59 Å². The van der Waals surface area contributed by atoms with Crippen LogP contribution in [0.1, 0.15) is 41.3 Å². The van der Waals surface area contributed by atoms with Gasteiger partial charge in [0.25, 0.3) is 11.5 Å². The summed E-state index contributed by atoms with van der Waals surface area (Å²) in [6.45, 7) is 7.49. The highest BCUT2D eigenvalue weighted by Crippen LogP contribution is 2.23. The lowest BCUT2D eigenvalue weighted by molar-refractivity contribution is 0.102. The number of pyridine rings is 1. The summed E-state index contributed by atoms with van der Waals surface area (Å²) in [7, 11) is 0. The molecule has 148 valence electrons. The van der Waals surface area contributed by atoms with Gasteiger partial charge in [0.2, 0.25) is 0 Å². The molecule has 1 aliphatic heterocycles. The van der Waals surface area contributed by atoms with Crippen molar-refractivity contribution in [2.45, 2.75) is 32.6 Å². The van der Waals surface area contributed by atoms with Crippen LogP contribution in [0.25, 0.3) is 0 Å². The number of nitrogens with zero attached hydrogens (tertiary/aromatic N) is 2. The number of aromatic amines is 1. The highest BCUT2D eigenvalue weighted by molar-refractivity contribution is 6.05. The number of aryl methyl sites for hydroxylation is 1. The molecule has 2 N–H and O–H groups in total. The average molecular weight is 380 g/mol. The van der Waals surface area contributed by atoms with Gasteiger partial charge in [0, 0.05) is 43.8 Å². The zero-order valence-corrected chi connectivity index (χ0v) is 16.5. The molecule has 0 bridgehead atoms. The van der Waals surface area contributed by atoms with E-state index in [2.05, 4.69) is 27.0 Å². The van der Waals surface area contributed by atoms with E-state index in [1.165, 1.54) is 5.69 Å². The summed E-state index contributed by atoms with van der Waals surface area (Å²) in [5, 5.41) is 2.91. The van der Waals surface area contributed by atoms with Gasteiger partial charge in [-0.2, -0.15) is 0 Å². The zero-order valence-electron chi connectivity index (χ0n) is 16.5. The number of rotatable bonds is 4. The molecule has 6 nitrogen and oxygen atoms in total.